The molecule has 1 N–H and O–H groups in total. The van der Waals surface area contributed by atoms with E-state index in [1.54, 1.807) is 0 Å². The van der Waals surface area contributed by atoms with Gasteiger partial charge in [0.1, 0.15) is 6.61 Å². The highest BCUT2D eigenvalue weighted by molar-refractivity contribution is 5.72. The van der Waals surface area contributed by atoms with Gasteiger partial charge in [-0.3, -0.25) is 9.59 Å². The average molecular weight is 883 g/mol. The van der Waals surface area contributed by atoms with Crippen molar-refractivity contribution < 1.29 is 38.2 Å². The second-order valence-electron chi connectivity index (χ2n) is 18.1. The molecule has 0 saturated heterocycles. The van der Waals surface area contributed by atoms with Crippen molar-refractivity contribution in [3.05, 3.63) is 72.9 Å². The first kappa shape index (κ1) is 59.8. The summed E-state index contributed by atoms with van der Waals surface area (Å²) in [5.41, 5.74) is 0. The smallest absolute Gasteiger partial charge is 0.362 e. The van der Waals surface area contributed by atoms with Gasteiger partial charge in [0.25, 0.3) is 0 Å². The van der Waals surface area contributed by atoms with Gasteiger partial charge in [-0.15, -0.1) is 0 Å². The quantitative estimate of drug-likeness (QED) is 0.0214. The molecule has 0 aromatic rings. The number of hydrogen-bond acceptors (Lipinski definition) is 6. The molecule has 0 heterocycles. The topological polar surface area (TPSA) is 99.1 Å². The van der Waals surface area contributed by atoms with E-state index in [9.17, 15) is 19.5 Å². The van der Waals surface area contributed by atoms with Crippen LogP contribution in [-0.2, 0) is 28.6 Å². The Morgan fingerprint density at radius 1 is 0.508 bits per heavy atom. The molecular formula is C55H96NO7+. The Kier molecular flexibility index (Phi) is 43.0. The molecule has 0 aromatic heterocycles. The van der Waals surface area contributed by atoms with E-state index in [4.69, 9.17) is 14.2 Å². The number of rotatable bonds is 45. The number of carboxylic acid groups (broad SMARTS) is 1. The molecule has 0 aliphatic rings. The Bertz CT molecular complexity index is 1260. The lowest BCUT2D eigenvalue weighted by Crippen LogP contribution is -2.50. The van der Waals surface area contributed by atoms with Crippen molar-refractivity contribution in [2.75, 3.05) is 41.0 Å². The van der Waals surface area contributed by atoms with E-state index in [0.717, 1.165) is 77.0 Å². The van der Waals surface area contributed by atoms with Gasteiger partial charge >= 0.3 is 17.9 Å². The van der Waals surface area contributed by atoms with Gasteiger partial charge in [0.2, 0.25) is 0 Å². The summed E-state index contributed by atoms with van der Waals surface area (Å²) >= 11 is 0. The standard InChI is InChI=1S/C55H95NO7/c1-6-8-10-12-14-16-18-20-22-24-26-28-30-32-34-36-38-40-42-44-46-54(58)63-51(49-61-48-47-52(55(59)60)56(3,4)5)50-62-53(57)45-43-41-39-37-35-33-31-29-27-25-23-21-19-17-15-13-11-9-7-2/h9,11,15-18,20-23,27,29,51-52H,6-8,10,12-14,19,24-26,28,30-50H2,1-5H3/p+1/b11-9+,17-15+,18-16+,22-20+,23-21+,29-27+. The van der Waals surface area contributed by atoms with Crippen LogP contribution in [0.3, 0.4) is 0 Å². The Balaban J connectivity index is 4.29. The van der Waals surface area contributed by atoms with Crippen LogP contribution in [0.15, 0.2) is 72.9 Å². The van der Waals surface area contributed by atoms with Crippen LogP contribution in [0.25, 0.3) is 0 Å². The molecule has 0 amide bonds. The molecule has 8 nitrogen and oxygen atoms in total. The number of carbonyl (C=O) groups excluding carboxylic acids is 2. The first-order valence-corrected chi connectivity index (χ1v) is 25.5. The monoisotopic (exact) mass is 883 g/mol. The second kappa shape index (κ2) is 45.3. The van der Waals surface area contributed by atoms with Crippen LogP contribution in [0.2, 0.25) is 0 Å². The van der Waals surface area contributed by atoms with Crippen molar-refractivity contribution >= 4 is 17.9 Å². The van der Waals surface area contributed by atoms with E-state index in [2.05, 4.69) is 86.8 Å². The number of hydrogen-bond donors (Lipinski definition) is 1. The van der Waals surface area contributed by atoms with E-state index >= 15 is 0 Å². The molecule has 2 atom stereocenters. The van der Waals surface area contributed by atoms with Gasteiger partial charge in [0.15, 0.2) is 12.1 Å². The summed E-state index contributed by atoms with van der Waals surface area (Å²) in [7, 11) is 5.53. The number of allylic oxidation sites excluding steroid dienone is 12. The molecule has 0 radical (unpaired) electrons. The molecule has 2 unspecified atom stereocenters. The maximum atomic E-state index is 12.8. The SMILES string of the molecule is CC/C=C/C/C=C/C/C=C/C/C=C/CCCCCCCCC(=O)OCC(COCCC(C(=O)O)[N+](C)(C)C)OC(=O)CCCCCCCCCCCC/C=C/C=C/CCCCCC. The third-order valence-corrected chi connectivity index (χ3v) is 11.1. The van der Waals surface area contributed by atoms with Crippen LogP contribution < -0.4 is 0 Å². The number of ether oxygens (including phenoxy) is 3. The van der Waals surface area contributed by atoms with Crippen LogP contribution in [0.4, 0.5) is 0 Å². The minimum Gasteiger partial charge on any atom is -0.477 e. The van der Waals surface area contributed by atoms with Gasteiger partial charge < -0.3 is 23.8 Å². The van der Waals surface area contributed by atoms with Crippen molar-refractivity contribution in [1.29, 1.82) is 0 Å². The highest BCUT2D eigenvalue weighted by atomic mass is 16.6. The number of aliphatic carboxylic acids is 1. The van der Waals surface area contributed by atoms with Gasteiger partial charge in [-0.1, -0.05) is 183 Å². The molecule has 362 valence electrons. The number of esters is 2. The van der Waals surface area contributed by atoms with Gasteiger partial charge in [0, 0.05) is 19.3 Å². The van der Waals surface area contributed by atoms with Crippen molar-refractivity contribution in [1.82, 2.24) is 0 Å². The van der Waals surface area contributed by atoms with Crippen LogP contribution in [0.1, 0.15) is 206 Å². The van der Waals surface area contributed by atoms with Crippen molar-refractivity contribution in [3.63, 3.8) is 0 Å². The second-order valence-corrected chi connectivity index (χ2v) is 18.1. The predicted octanol–water partition coefficient (Wildman–Crippen LogP) is 14.7. The van der Waals surface area contributed by atoms with E-state index in [-0.39, 0.29) is 36.2 Å². The third kappa shape index (κ3) is 43.8. The molecule has 0 aromatic carbocycles. The highest BCUT2D eigenvalue weighted by Gasteiger charge is 2.31. The molecule has 0 bridgehead atoms. The van der Waals surface area contributed by atoms with Crippen LogP contribution >= 0.6 is 0 Å². The lowest BCUT2D eigenvalue weighted by molar-refractivity contribution is -0.887. The van der Waals surface area contributed by atoms with Crippen molar-refractivity contribution in [2.24, 2.45) is 0 Å². The molecule has 0 rings (SSSR count). The molecule has 0 spiro atoms. The summed E-state index contributed by atoms with van der Waals surface area (Å²) < 4.78 is 17.3. The minimum atomic E-state index is -0.879. The molecule has 0 aliphatic carbocycles. The van der Waals surface area contributed by atoms with Gasteiger partial charge in [-0.25, -0.2) is 4.79 Å². The Hall–Kier alpha value is -3.23. The molecule has 0 fully saturated rings. The maximum absolute atomic E-state index is 12.8. The fraction of sp³-hybridized carbons (Fsp3) is 0.727. The van der Waals surface area contributed by atoms with E-state index in [0.29, 0.717) is 19.3 Å². The summed E-state index contributed by atoms with van der Waals surface area (Å²) in [6.07, 6.45) is 58.0. The number of carboxylic acids is 1. The van der Waals surface area contributed by atoms with Gasteiger partial charge in [-0.2, -0.15) is 0 Å². The summed E-state index contributed by atoms with van der Waals surface area (Å²) in [6.45, 7) is 4.60. The average Bonchev–Trinajstić information content (AvgIpc) is 3.24. The summed E-state index contributed by atoms with van der Waals surface area (Å²) in [5.74, 6) is -1.49. The molecule has 63 heavy (non-hydrogen) atoms. The number of carbonyl (C=O) groups is 3. The number of likely N-dealkylation sites (N-methyl/N-ethyl adjacent to an activating group) is 1. The summed E-state index contributed by atoms with van der Waals surface area (Å²) in [5, 5.41) is 9.65. The van der Waals surface area contributed by atoms with Crippen LogP contribution in [-0.4, -0.2) is 80.6 Å². The summed E-state index contributed by atoms with van der Waals surface area (Å²) in [4.78, 5) is 37.2. The van der Waals surface area contributed by atoms with Gasteiger partial charge in [0.05, 0.1) is 34.4 Å². The maximum Gasteiger partial charge on any atom is 0.362 e. The number of quaternary nitrogens is 1. The minimum absolute atomic E-state index is 0.0523. The first-order valence-electron chi connectivity index (χ1n) is 25.5. The normalized spacial score (nSPS) is 13.5. The number of nitrogens with zero attached hydrogens (tertiary/aromatic N) is 1. The fourth-order valence-electron chi connectivity index (χ4n) is 7.19. The third-order valence-electron chi connectivity index (χ3n) is 11.1. The Morgan fingerprint density at radius 3 is 1.41 bits per heavy atom. The zero-order chi connectivity index (χ0) is 46.3. The predicted molar refractivity (Wildman–Crippen MR) is 266 cm³/mol. The van der Waals surface area contributed by atoms with Crippen LogP contribution in [0, 0.1) is 0 Å². The largest absolute Gasteiger partial charge is 0.477 e. The Morgan fingerprint density at radius 2 is 0.937 bits per heavy atom. The van der Waals surface area contributed by atoms with E-state index in [1.165, 1.54) is 96.3 Å². The van der Waals surface area contributed by atoms with E-state index < -0.39 is 18.1 Å². The van der Waals surface area contributed by atoms with E-state index in [1.807, 2.05) is 21.1 Å². The first-order chi connectivity index (χ1) is 30.6. The molecular weight excluding hydrogens is 787 g/mol. The van der Waals surface area contributed by atoms with Crippen molar-refractivity contribution in [3.8, 4) is 0 Å². The molecule has 0 saturated carbocycles. The molecule has 0 aliphatic heterocycles. The molecule has 8 heteroatoms. The lowest BCUT2D eigenvalue weighted by atomic mass is 10.1. The zero-order valence-corrected chi connectivity index (χ0v) is 41.3. The Labute approximate surface area is 387 Å². The summed E-state index contributed by atoms with van der Waals surface area (Å²) in [6, 6.07) is -0.621. The zero-order valence-electron chi connectivity index (χ0n) is 41.3. The lowest BCUT2D eigenvalue weighted by Gasteiger charge is -2.31. The fourth-order valence-corrected chi connectivity index (χ4v) is 7.19. The van der Waals surface area contributed by atoms with Gasteiger partial charge in [-0.05, 0) is 77.0 Å². The highest BCUT2D eigenvalue weighted by Crippen LogP contribution is 2.15. The van der Waals surface area contributed by atoms with Crippen LogP contribution in [0.5, 0.6) is 0 Å². The number of unbranched alkanes of at least 4 members (excludes halogenated alkanes) is 20. The van der Waals surface area contributed by atoms with Crippen molar-refractivity contribution in [2.45, 2.75) is 219 Å².